The number of nitrogens with zero attached hydrogens (tertiary/aromatic N) is 2. The minimum absolute atomic E-state index is 0.114. The summed E-state index contributed by atoms with van der Waals surface area (Å²) in [6.07, 6.45) is 0. The highest BCUT2D eigenvalue weighted by molar-refractivity contribution is 9.09. The fourth-order valence-electron chi connectivity index (χ4n) is 2.04. The number of anilines is 1. The third kappa shape index (κ3) is 2.74. The molecular weight excluding hydrogens is 271 g/mol. The molecule has 1 heterocycles. The zero-order chi connectivity index (χ0) is 11.4. The first-order chi connectivity index (χ1) is 7.81. The minimum Gasteiger partial charge on any atom is -0.367 e. The molecule has 0 atom stereocenters. The molecule has 0 N–H and O–H groups in total. The van der Waals surface area contributed by atoms with Crippen molar-refractivity contribution in [3.05, 3.63) is 30.1 Å². The van der Waals surface area contributed by atoms with Crippen molar-refractivity contribution in [2.24, 2.45) is 0 Å². The first-order valence-corrected chi connectivity index (χ1v) is 6.71. The Bertz CT molecular complexity index is 338. The topological polar surface area (TPSA) is 6.48 Å². The first-order valence-electron chi connectivity index (χ1n) is 5.59. The molecule has 0 aromatic heterocycles. The molecular formula is C12H16BrFN2. The molecule has 0 radical (unpaired) electrons. The van der Waals surface area contributed by atoms with E-state index in [0.717, 1.165) is 43.7 Å². The maximum atomic E-state index is 13.6. The molecule has 0 amide bonds. The Balaban J connectivity index is 1.96. The molecule has 0 aliphatic carbocycles. The molecule has 2 rings (SSSR count). The van der Waals surface area contributed by atoms with E-state index in [-0.39, 0.29) is 5.82 Å². The van der Waals surface area contributed by atoms with Gasteiger partial charge in [-0.15, -0.1) is 0 Å². The number of para-hydroxylation sites is 1. The molecule has 16 heavy (non-hydrogen) atoms. The van der Waals surface area contributed by atoms with E-state index in [0.29, 0.717) is 0 Å². The smallest absolute Gasteiger partial charge is 0.146 e. The fourth-order valence-corrected chi connectivity index (χ4v) is 2.54. The molecule has 0 saturated carbocycles. The third-order valence-corrected chi connectivity index (χ3v) is 3.32. The van der Waals surface area contributed by atoms with Gasteiger partial charge in [-0.05, 0) is 12.1 Å². The summed E-state index contributed by atoms with van der Waals surface area (Å²) in [5.41, 5.74) is 0.737. The summed E-state index contributed by atoms with van der Waals surface area (Å²) in [7, 11) is 0. The normalized spacial score (nSPS) is 17.8. The maximum absolute atomic E-state index is 13.6. The van der Waals surface area contributed by atoms with Crippen molar-refractivity contribution in [3.8, 4) is 0 Å². The molecule has 1 aromatic carbocycles. The van der Waals surface area contributed by atoms with Crippen LogP contribution in [0, 0.1) is 5.82 Å². The predicted molar refractivity (Wildman–Crippen MR) is 68.8 cm³/mol. The Hall–Kier alpha value is -0.610. The maximum Gasteiger partial charge on any atom is 0.146 e. The summed E-state index contributed by atoms with van der Waals surface area (Å²) in [4.78, 5) is 4.52. The quantitative estimate of drug-likeness (QED) is 0.787. The summed E-state index contributed by atoms with van der Waals surface area (Å²) in [5.74, 6) is -0.114. The van der Waals surface area contributed by atoms with Crippen LogP contribution in [-0.2, 0) is 0 Å². The van der Waals surface area contributed by atoms with E-state index in [1.807, 2.05) is 12.1 Å². The van der Waals surface area contributed by atoms with Gasteiger partial charge in [-0.2, -0.15) is 0 Å². The van der Waals surface area contributed by atoms with Gasteiger partial charge in [-0.25, -0.2) is 4.39 Å². The van der Waals surface area contributed by atoms with Gasteiger partial charge < -0.3 is 4.90 Å². The van der Waals surface area contributed by atoms with E-state index in [1.54, 1.807) is 6.07 Å². The van der Waals surface area contributed by atoms with E-state index < -0.39 is 0 Å². The van der Waals surface area contributed by atoms with Crippen molar-refractivity contribution in [1.29, 1.82) is 0 Å². The average Bonchev–Trinajstić information content (AvgIpc) is 2.31. The summed E-state index contributed by atoms with van der Waals surface area (Å²) in [6.45, 7) is 4.92. The zero-order valence-electron chi connectivity index (χ0n) is 9.20. The van der Waals surface area contributed by atoms with Crippen LogP contribution in [0.1, 0.15) is 0 Å². The van der Waals surface area contributed by atoms with Crippen LogP contribution in [-0.4, -0.2) is 43.0 Å². The van der Waals surface area contributed by atoms with Gasteiger partial charge in [-0.1, -0.05) is 28.1 Å². The third-order valence-electron chi connectivity index (χ3n) is 2.97. The van der Waals surface area contributed by atoms with Crippen molar-refractivity contribution in [3.63, 3.8) is 0 Å². The van der Waals surface area contributed by atoms with E-state index in [9.17, 15) is 4.39 Å². The van der Waals surface area contributed by atoms with Crippen molar-refractivity contribution in [1.82, 2.24) is 4.90 Å². The highest BCUT2D eigenvalue weighted by Gasteiger charge is 2.18. The fraction of sp³-hybridized carbons (Fsp3) is 0.500. The van der Waals surface area contributed by atoms with E-state index in [2.05, 4.69) is 25.7 Å². The summed E-state index contributed by atoms with van der Waals surface area (Å²) < 4.78 is 13.6. The Morgan fingerprint density at radius 3 is 2.44 bits per heavy atom. The highest BCUT2D eigenvalue weighted by atomic mass is 79.9. The molecule has 1 aliphatic heterocycles. The molecule has 88 valence electrons. The van der Waals surface area contributed by atoms with Crippen molar-refractivity contribution >= 4 is 21.6 Å². The Kier molecular flexibility index (Phi) is 4.18. The lowest BCUT2D eigenvalue weighted by atomic mass is 10.2. The highest BCUT2D eigenvalue weighted by Crippen LogP contribution is 2.19. The number of benzene rings is 1. The lowest BCUT2D eigenvalue weighted by Crippen LogP contribution is -2.47. The minimum atomic E-state index is -0.114. The Labute approximate surface area is 104 Å². The summed E-state index contributed by atoms with van der Waals surface area (Å²) in [5, 5.41) is 1.01. The van der Waals surface area contributed by atoms with Gasteiger partial charge in [0.15, 0.2) is 0 Å². The largest absolute Gasteiger partial charge is 0.367 e. The second-order valence-corrected chi connectivity index (χ2v) is 4.76. The van der Waals surface area contributed by atoms with Gasteiger partial charge in [0.1, 0.15) is 5.82 Å². The van der Waals surface area contributed by atoms with Gasteiger partial charge in [0.05, 0.1) is 5.69 Å². The number of rotatable bonds is 3. The van der Waals surface area contributed by atoms with Crippen molar-refractivity contribution in [2.45, 2.75) is 0 Å². The molecule has 1 saturated heterocycles. The van der Waals surface area contributed by atoms with Crippen LogP contribution in [0.4, 0.5) is 10.1 Å². The molecule has 2 nitrogen and oxygen atoms in total. The van der Waals surface area contributed by atoms with Crippen molar-refractivity contribution in [2.75, 3.05) is 43.0 Å². The molecule has 0 bridgehead atoms. The number of hydrogen-bond acceptors (Lipinski definition) is 2. The standard InChI is InChI=1S/C12H16BrFN2/c13-5-6-15-7-9-16(10-8-15)12-4-2-1-3-11(12)14/h1-4H,5-10H2. The van der Waals surface area contributed by atoms with Crippen LogP contribution < -0.4 is 4.90 Å². The summed E-state index contributed by atoms with van der Waals surface area (Å²) in [6, 6.07) is 7.01. The van der Waals surface area contributed by atoms with Crippen LogP contribution in [0.3, 0.4) is 0 Å². The summed E-state index contributed by atoms with van der Waals surface area (Å²) >= 11 is 3.44. The molecule has 1 fully saturated rings. The molecule has 0 spiro atoms. The lowest BCUT2D eigenvalue weighted by molar-refractivity contribution is 0.273. The second kappa shape index (κ2) is 5.64. The number of alkyl halides is 1. The van der Waals surface area contributed by atoms with Gasteiger partial charge >= 0.3 is 0 Å². The van der Waals surface area contributed by atoms with Crippen LogP contribution in [0.15, 0.2) is 24.3 Å². The SMILES string of the molecule is Fc1ccccc1N1CCN(CCBr)CC1. The number of halogens is 2. The van der Waals surface area contributed by atoms with E-state index >= 15 is 0 Å². The molecule has 4 heteroatoms. The monoisotopic (exact) mass is 286 g/mol. The number of piperazine rings is 1. The van der Waals surface area contributed by atoms with Gasteiger partial charge in [0.25, 0.3) is 0 Å². The van der Waals surface area contributed by atoms with Crippen LogP contribution in [0.2, 0.25) is 0 Å². The first kappa shape index (κ1) is 11.9. The van der Waals surface area contributed by atoms with Gasteiger partial charge in [-0.3, -0.25) is 4.90 Å². The van der Waals surface area contributed by atoms with E-state index in [4.69, 9.17) is 0 Å². The zero-order valence-corrected chi connectivity index (χ0v) is 10.8. The van der Waals surface area contributed by atoms with Gasteiger partial charge in [0, 0.05) is 38.1 Å². The molecule has 1 aliphatic rings. The second-order valence-electron chi connectivity index (χ2n) is 3.97. The lowest BCUT2D eigenvalue weighted by Gasteiger charge is -2.35. The van der Waals surface area contributed by atoms with Crippen LogP contribution >= 0.6 is 15.9 Å². The molecule has 0 unspecified atom stereocenters. The molecule has 1 aromatic rings. The van der Waals surface area contributed by atoms with Crippen molar-refractivity contribution < 1.29 is 4.39 Å². The van der Waals surface area contributed by atoms with Crippen LogP contribution in [0.5, 0.6) is 0 Å². The Morgan fingerprint density at radius 2 is 1.81 bits per heavy atom. The van der Waals surface area contributed by atoms with Crippen LogP contribution in [0.25, 0.3) is 0 Å². The average molecular weight is 287 g/mol. The number of hydrogen-bond donors (Lipinski definition) is 0. The van der Waals surface area contributed by atoms with Gasteiger partial charge in [0.2, 0.25) is 0 Å². The van der Waals surface area contributed by atoms with E-state index in [1.165, 1.54) is 6.07 Å². The Morgan fingerprint density at radius 1 is 1.12 bits per heavy atom. The predicted octanol–water partition coefficient (Wildman–Crippen LogP) is 2.34.